The second kappa shape index (κ2) is 6.40. The number of benzene rings is 1. The zero-order chi connectivity index (χ0) is 12.8. The van der Waals surface area contributed by atoms with E-state index in [1.165, 1.54) is 0 Å². The zero-order valence-electron chi connectivity index (χ0n) is 11.2. The highest BCUT2D eigenvalue weighted by atomic mass is 16.1. The molecule has 0 bridgehead atoms. The van der Waals surface area contributed by atoms with E-state index in [9.17, 15) is 4.79 Å². The first-order valence-electron chi connectivity index (χ1n) is 5.96. The van der Waals surface area contributed by atoms with Crippen LogP contribution >= 0.6 is 0 Å². The molecule has 0 heterocycles. The molecule has 0 atom stereocenters. The van der Waals surface area contributed by atoms with Crippen molar-refractivity contribution in [2.75, 3.05) is 39.1 Å². The molecule has 3 heteroatoms. The molecular formula is C14H22N2O. The summed E-state index contributed by atoms with van der Waals surface area (Å²) >= 11 is 0. The molecule has 1 aromatic carbocycles. The molecule has 0 aromatic heterocycles. The smallest absolute Gasteiger partial charge is 0.152 e. The van der Waals surface area contributed by atoms with Gasteiger partial charge >= 0.3 is 0 Å². The lowest BCUT2D eigenvalue weighted by molar-refractivity contribution is 0.112. The van der Waals surface area contributed by atoms with Gasteiger partial charge in [0.2, 0.25) is 0 Å². The van der Waals surface area contributed by atoms with Crippen molar-refractivity contribution in [3.63, 3.8) is 0 Å². The van der Waals surface area contributed by atoms with Gasteiger partial charge in [0.1, 0.15) is 0 Å². The van der Waals surface area contributed by atoms with Gasteiger partial charge in [0.25, 0.3) is 0 Å². The highest BCUT2D eigenvalue weighted by Gasteiger charge is 2.06. The van der Waals surface area contributed by atoms with Crippen LogP contribution in [0.15, 0.2) is 18.2 Å². The second-order valence-corrected chi connectivity index (χ2v) is 4.76. The Labute approximate surface area is 104 Å². The Morgan fingerprint density at radius 3 is 2.47 bits per heavy atom. The number of carbonyl (C=O) groups excluding carboxylic acids is 1. The van der Waals surface area contributed by atoms with E-state index in [4.69, 9.17) is 0 Å². The Morgan fingerprint density at radius 2 is 1.88 bits per heavy atom. The minimum Gasteiger partial charge on any atom is -0.374 e. The number of rotatable bonds is 6. The number of hydrogen-bond donors (Lipinski definition) is 0. The molecule has 0 radical (unpaired) electrons. The normalized spacial score (nSPS) is 10.6. The van der Waals surface area contributed by atoms with Crippen LogP contribution in [0.4, 0.5) is 5.69 Å². The zero-order valence-corrected chi connectivity index (χ0v) is 11.2. The molecule has 0 aliphatic carbocycles. The molecule has 94 valence electrons. The van der Waals surface area contributed by atoms with Crippen LogP contribution in [0.25, 0.3) is 0 Å². The molecule has 17 heavy (non-hydrogen) atoms. The maximum atomic E-state index is 11.0. The van der Waals surface area contributed by atoms with Crippen molar-refractivity contribution < 1.29 is 4.79 Å². The molecule has 0 fully saturated rings. The van der Waals surface area contributed by atoms with Gasteiger partial charge in [-0.15, -0.1) is 0 Å². The van der Waals surface area contributed by atoms with Crippen LogP contribution in [0.5, 0.6) is 0 Å². The summed E-state index contributed by atoms with van der Waals surface area (Å²) in [5, 5.41) is 0. The van der Waals surface area contributed by atoms with Crippen molar-refractivity contribution in [1.29, 1.82) is 0 Å². The van der Waals surface area contributed by atoms with Gasteiger partial charge in [0, 0.05) is 24.8 Å². The lowest BCUT2D eigenvalue weighted by Gasteiger charge is -2.22. The van der Waals surface area contributed by atoms with E-state index >= 15 is 0 Å². The largest absolute Gasteiger partial charge is 0.374 e. The average molecular weight is 234 g/mol. The predicted octanol–water partition coefficient (Wildman–Crippen LogP) is 2.20. The van der Waals surface area contributed by atoms with Crippen LogP contribution < -0.4 is 4.90 Å². The molecule has 3 nitrogen and oxygen atoms in total. The molecule has 0 N–H and O–H groups in total. The SMILES string of the molecule is Cc1ccc(N(C)CCCN(C)C)c(C=O)c1. The molecule has 0 saturated heterocycles. The van der Waals surface area contributed by atoms with Crippen molar-refractivity contribution in [2.24, 2.45) is 0 Å². The Bertz CT molecular complexity index is 374. The highest BCUT2D eigenvalue weighted by Crippen LogP contribution is 2.19. The summed E-state index contributed by atoms with van der Waals surface area (Å²) in [5.74, 6) is 0. The minimum absolute atomic E-state index is 0.775. The highest BCUT2D eigenvalue weighted by molar-refractivity contribution is 5.84. The summed E-state index contributed by atoms with van der Waals surface area (Å²) in [6, 6.07) is 6.00. The lowest BCUT2D eigenvalue weighted by Crippen LogP contribution is -2.24. The Hall–Kier alpha value is -1.35. The van der Waals surface area contributed by atoms with Crippen LogP contribution in [0.3, 0.4) is 0 Å². The molecular weight excluding hydrogens is 212 g/mol. The van der Waals surface area contributed by atoms with Crippen LogP contribution in [0, 0.1) is 6.92 Å². The van der Waals surface area contributed by atoms with Crippen molar-refractivity contribution in [1.82, 2.24) is 4.90 Å². The summed E-state index contributed by atoms with van der Waals surface area (Å²) < 4.78 is 0. The van der Waals surface area contributed by atoms with Crippen molar-refractivity contribution >= 4 is 12.0 Å². The summed E-state index contributed by atoms with van der Waals surface area (Å²) in [5.41, 5.74) is 2.92. The van der Waals surface area contributed by atoms with E-state index < -0.39 is 0 Å². The van der Waals surface area contributed by atoms with Gasteiger partial charge in [-0.3, -0.25) is 4.79 Å². The third-order valence-corrected chi connectivity index (χ3v) is 2.82. The van der Waals surface area contributed by atoms with Gasteiger partial charge in [-0.05, 0) is 46.1 Å². The molecule has 0 amide bonds. The van der Waals surface area contributed by atoms with Crippen molar-refractivity contribution in [2.45, 2.75) is 13.3 Å². The number of aldehydes is 1. The molecule has 0 aliphatic heterocycles. The third-order valence-electron chi connectivity index (χ3n) is 2.82. The van der Waals surface area contributed by atoms with Crippen molar-refractivity contribution in [3.8, 4) is 0 Å². The number of aryl methyl sites for hydroxylation is 1. The summed E-state index contributed by atoms with van der Waals surface area (Å²) in [7, 11) is 6.18. The first-order valence-corrected chi connectivity index (χ1v) is 5.96. The fourth-order valence-corrected chi connectivity index (χ4v) is 1.86. The van der Waals surface area contributed by atoms with Crippen LogP contribution in [0.1, 0.15) is 22.3 Å². The molecule has 0 aliphatic rings. The predicted molar refractivity (Wildman–Crippen MR) is 73.0 cm³/mol. The van der Waals surface area contributed by atoms with E-state index in [1.807, 2.05) is 32.2 Å². The van der Waals surface area contributed by atoms with Gasteiger partial charge in [-0.2, -0.15) is 0 Å². The average Bonchev–Trinajstić information content (AvgIpc) is 2.28. The Morgan fingerprint density at radius 1 is 1.18 bits per heavy atom. The fourth-order valence-electron chi connectivity index (χ4n) is 1.86. The van der Waals surface area contributed by atoms with Crippen LogP contribution in [-0.2, 0) is 0 Å². The molecule has 1 rings (SSSR count). The summed E-state index contributed by atoms with van der Waals surface area (Å²) in [4.78, 5) is 15.3. The number of carbonyl (C=O) groups is 1. The first kappa shape index (κ1) is 13.7. The summed E-state index contributed by atoms with van der Waals surface area (Å²) in [6.07, 6.45) is 2.03. The van der Waals surface area contributed by atoms with E-state index in [2.05, 4.69) is 23.9 Å². The molecule has 0 spiro atoms. The van der Waals surface area contributed by atoms with Gasteiger partial charge in [-0.1, -0.05) is 11.6 Å². The van der Waals surface area contributed by atoms with Crippen molar-refractivity contribution in [3.05, 3.63) is 29.3 Å². The maximum Gasteiger partial charge on any atom is 0.152 e. The van der Waals surface area contributed by atoms with E-state index in [-0.39, 0.29) is 0 Å². The molecule has 1 aromatic rings. The lowest BCUT2D eigenvalue weighted by atomic mass is 10.1. The Kier molecular flexibility index (Phi) is 5.16. The fraction of sp³-hybridized carbons (Fsp3) is 0.500. The number of anilines is 1. The monoisotopic (exact) mass is 234 g/mol. The van der Waals surface area contributed by atoms with E-state index in [1.54, 1.807) is 0 Å². The van der Waals surface area contributed by atoms with Gasteiger partial charge < -0.3 is 9.80 Å². The molecule has 0 unspecified atom stereocenters. The first-order chi connectivity index (χ1) is 8.04. The van der Waals surface area contributed by atoms with Gasteiger partial charge in [0.15, 0.2) is 6.29 Å². The topological polar surface area (TPSA) is 23.6 Å². The number of nitrogens with zero attached hydrogens (tertiary/aromatic N) is 2. The maximum absolute atomic E-state index is 11.0. The van der Waals surface area contributed by atoms with Gasteiger partial charge in [-0.25, -0.2) is 0 Å². The minimum atomic E-state index is 0.775. The van der Waals surface area contributed by atoms with Gasteiger partial charge in [0.05, 0.1) is 0 Å². The van der Waals surface area contributed by atoms with Crippen LogP contribution in [0.2, 0.25) is 0 Å². The second-order valence-electron chi connectivity index (χ2n) is 4.76. The van der Waals surface area contributed by atoms with Crippen LogP contribution in [-0.4, -0.2) is 45.4 Å². The van der Waals surface area contributed by atoms with E-state index in [0.717, 1.165) is 42.6 Å². The quantitative estimate of drug-likeness (QED) is 0.705. The number of hydrogen-bond acceptors (Lipinski definition) is 3. The summed E-state index contributed by atoms with van der Waals surface area (Å²) in [6.45, 7) is 4.03. The Balaban J connectivity index is 2.68. The molecule has 0 saturated carbocycles. The standard InChI is InChI=1S/C14H22N2O/c1-12-6-7-14(13(10-12)11-17)16(4)9-5-8-15(2)3/h6-7,10-11H,5,8-9H2,1-4H3. The van der Waals surface area contributed by atoms with E-state index in [0.29, 0.717) is 0 Å². The third kappa shape index (κ3) is 4.19.